The van der Waals surface area contributed by atoms with Gasteiger partial charge in [0.2, 0.25) is 0 Å². The van der Waals surface area contributed by atoms with Crippen molar-refractivity contribution in [3.05, 3.63) is 68.7 Å². The van der Waals surface area contributed by atoms with Gasteiger partial charge in [-0.05, 0) is 44.0 Å². The first-order valence-corrected chi connectivity index (χ1v) is 9.40. The number of carbonyl (C=O) groups excluding carboxylic acids is 1. The molecule has 1 aromatic carbocycles. The Bertz CT molecular complexity index is 1010. The summed E-state index contributed by atoms with van der Waals surface area (Å²) in [5, 5.41) is 3.40. The van der Waals surface area contributed by atoms with E-state index in [9.17, 15) is 14.0 Å². The van der Waals surface area contributed by atoms with E-state index in [0.29, 0.717) is 17.5 Å². The highest BCUT2D eigenvalue weighted by Gasteiger charge is 2.21. The second-order valence-electron chi connectivity index (χ2n) is 6.43. The zero-order valence-corrected chi connectivity index (χ0v) is 15.8. The van der Waals surface area contributed by atoms with E-state index in [-0.39, 0.29) is 23.3 Å². The Morgan fingerprint density at radius 2 is 1.96 bits per heavy atom. The van der Waals surface area contributed by atoms with E-state index >= 15 is 0 Å². The number of aryl methyl sites for hydroxylation is 1. The SMILES string of the molecule is CCC(C)NC(=O)c1c(C)sc2ccn(Cc3ccc(F)cc3)c(=O)c12. The first kappa shape index (κ1) is 18.3. The number of hydrogen-bond donors (Lipinski definition) is 1. The fraction of sp³-hybridized carbons (Fsp3) is 0.300. The standard InChI is InChI=1S/C20H21FN2O2S/c1-4-12(2)22-19(24)17-13(3)26-16-9-10-23(20(25)18(16)17)11-14-5-7-15(21)8-6-14/h5-10,12H,4,11H2,1-3H3,(H,22,24). The topological polar surface area (TPSA) is 51.1 Å². The Morgan fingerprint density at radius 3 is 2.62 bits per heavy atom. The summed E-state index contributed by atoms with van der Waals surface area (Å²) in [6.07, 6.45) is 2.54. The summed E-state index contributed by atoms with van der Waals surface area (Å²) in [6.45, 7) is 6.13. The molecule has 26 heavy (non-hydrogen) atoms. The van der Waals surface area contributed by atoms with Crippen LogP contribution in [0.15, 0.2) is 41.3 Å². The molecule has 0 fully saturated rings. The summed E-state index contributed by atoms with van der Waals surface area (Å²) in [7, 11) is 0. The zero-order valence-electron chi connectivity index (χ0n) is 15.0. The van der Waals surface area contributed by atoms with Crippen molar-refractivity contribution in [3.8, 4) is 0 Å². The van der Waals surface area contributed by atoms with Crippen molar-refractivity contribution in [2.75, 3.05) is 0 Å². The summed E-state index contributed by atoms with van der Waals surface area (Å²) in [5.74, 6) is -0.520. The first-order valence-electron chi connectivity index (χ1n) is 8.58. The van der Waals surface area contributed by atoms with Gasteiger partial charge < -0.3 is 9.88 Å². The summed E-state index contributed by atoms with van der Waals surface area (Å²) in [4.78, 5) is 26.5. The minimum atomic E-state index is -0.311. The predicted octanol–water partition coefficient (Wildman–Crippen LogP) is 4.09. The molecule has 0 aliphatic heterocycles. The molecule has 0 aliphatic carbocycles. The quantitative estimate of drug-likeness (QED) is 0.733. The van der Waals surface area contributed by atoms with Gasteiger partial charge >= 0.3 is 0 Å². The molecule has 136 valence electrons. The van der Waals surface area contributed by atoms with Crippen LogP contribution in [0.5, 0.6) is 0 Å². The first-order chi connectivity index (χ1) is 12.4. The Labute approximate surface area is 155 Å². The second kappa shape index (κ2) is 7.41. The van der Waals surface area contributed by atoms with Gasteiger partial charge in [0, 0.05) is 21.8 Å². The average Bonchev–Trinajstić information content (AvgIpc) is 2.96. The van der Waals surface area contributed by atoms with Gasteiger partial charge in [0.1, 0.15) is 5.82 Å². The van der Waals surface area contributed by atoms with Crippen LogP contribution in [0.1, 0.15) is 41.1 Å². The fourth-order valence-corrected chi connectivity index (χ4v) is 3.89. The number of aromatic nitrogens is 1. The Hall–Kier alpha value is -2.47. The van der Waals surface area contributed by atoms with Crippen LogP contribution in [0, 0.1) is 12.7 Å². The molecule has 0 spiro atoms. The number of thiophene rings is 1. The van der Waals surface area contributed by atoms with Gasteiger partial charge in [-0.3, -0.25) is 9.59 Å². The maximum absolute atomic E-state index is 13.1. The molecule has 0 saturated carbocycles. The third-order valence-corrected chi connectivity index (χ3v) is 5.55. The molecule has 0 aliphatic rings. The number of nitrogens with one attached hydrogen (secondary N) is 1. The van der Waals surface area contributed by atoms with Crippen molar-refractivity contribution in [2.24, 2.45) is 0 Å². The molecule has 1 unspecified atom stereocenters. The van der Waals surface area contributed by atoms with E-state index in [4.69, 9.17) is 0 Å². The Kier molecular flexibility index (Phi) is 5.23. The van der Waals surface area contributed by atoms with E-state index in [0.717, 1.165) is 21.6 Å². The molecule has 1 N–H and O–H groups in total. The van der Waals surface area contributed by atoms with Gasteiger partial charge in [-0.15, -0.1) is 11.3 Å². The van der Waals surface area contributed by atoms with Crippen molar-refractivity contribution in [3.63, 3.8) is 0 Å². The van der Waals surface area contributed by atoms with E-state index < -0.39 is 0 Å². The minimum absolute atomic E-state index is 0.0435. The number of carbonyl (C=O) groups is 1. The maximum Gasteiger partial charge on any atom is 0.260 e. The van der Waals surface area contributed by atoms with Gasteiger partial charge in [0.05, 0.1) is 17.5 Å². The summed E-state index contributed by atoms with van der Waals surface area (Å²) in [5.41, 5.74) is 1.08. The number of amides is 1. The minimum Gasteiger partial charge on any atom is -0.350 e. The lowest BCUT2D eigenvalue weighted by molar-refractivity contribution is 0.0940. The van der Waals surface area contributed by atoms with Gasteiger partial charge in [-0.25, -0.2) is 4.39 Å². The number of nitrogens with zero attached hydrogens (tertiary/aromatic N) is 1. The molecule has 3 aromatic rings. The number of hydrogen-bond acceptors (Lipinski definition) is 3. The van der Waals surface area contributed by atoms with Crippen LogP contribution in [-0.4, -0.2) is 16.5 Å². The Morgan fingerprint density at radius 1 is 1.27 bits per heavy atom. The molecular formula is C20H21FN2O2S. The smallest absolute Gasteiger partial charge is 0.260 e. The third kappa shape index (κ3) is 3.55. The van der Waals surface area contributed by atoms with Crippen LogP contribution >= 0.6 is 11.3 Å². The summed E-state index contributed by atoms with van der Waals surface area (Å²) >= 11 is 1.45. The summed E-state index contributed by atoms with van der Waals surface area (Å²) < 4.78 is 15.4. The normalized spacial score (nSPS) is 12.3. The van der Waals surface area contributed by atoms with Gasteiger partial charge in [0.25, 0.3) is 11.5 Å². The van der Waals surface area contributed by atoms with Gasteiger partial charge in [0.15, 0.2) is 0 Å². The van der Waals surface area contributed by atoms with Crippen molar-refractivity contribution < 1.29 is 9.18 Å². The second-order valence-corrected chi connectivity index (χ2v) is 7.69. The number of fused-ring (bicyclic) bond motifs is 1. The van der Waals surface area contributed by atoms with Crippen LogP contribution in [-0.2, 0) is 6.54 Å². The molecule has 2 aromatic heterocycles. The van der Waals surface area contributed by atoms with Crippen molar-refractivity contribution in [1.29, 1.82) is 0 Å². The number of pyridine rings is 1. The van der Waals surface area contributed by atoms with E-state index in [2.05, 4.69) is 5.32 Å². The molecule has 0 radical (unpaired) electrons. The highest BCUT2D eigenvalue weighted by molar-refractivity contribution is 7.19. The lowest BCUT2D eigenvalue weighted by atomic mass is 10.1. The molecule has 1 amide bonds. The maximum atomic E-state index is 13.1. The molecule has 0 saturated heterocycles. The predicted molar refractivity (Wildman–Crippen MR) is 104 cm³/mol. The fourth-order valence-electron chi connectivity index (χ4n) is 2.85. The highest BCUT2D eigenvalue weighted by Crippen LogP contribution is 2.28. The zero-order chi connectivity index (χ0) is 18.8. The van der Waals surface area contributed by atoms with E-state index in [1.54, 1.807) is 22.9 Å². The van der Waals surface area contributed by atoms with Gasteiger partial charge in [-0.2, -0.15) is 0 Å². The lowest BCUT2D eigenvalue weighted by Gasteiger charge is -2.12. The monoisotopic (exact) mass is 372 g/mol. The molecule has 3 rings (SSSR count). The molecule has 4 nitrogen and oxygen atoms in total. The molecular weight excluding hydrogens is 351 g/mol. The largest absolute Gasteiger partial charge is 0.350 e. The van der Waals surface area contributed by atoms with Crippen molar-refractivity contribution in [2.45, 2.75) is 39.8 Å². The highest BCUT2D eigenvalue weighted by atomic mass is 32.1. The Balaban J connectivity index is 2.04. The van der Waals surface area contributed by atoms with Crippen LogP contribution in [0.25, 0.3) is 10.1 Å². The van der Waals surface area contributed by atoms with Gasteiger partial charge in [-0.1, -0.05) is 19.1 Å². The van der Waals surface area contributed by atoms with E-state index in [1.807, 2.05) is 26.8 Å². The molecule has 1 atom stereocenters. The molecule has 0 bridgehead atoms. The lowest BCUT2D eigenvalue weighted by Crippen LogP contribution is -2.33. The van der Waals surface area contributed by atoms with Crippen molar-refractivity contribution in [1.82, 2.24) is 9.88 Å². The summed E-state index contributed by atoms with van der Waals surface area (Å²) in [6, 6.07) is 7.96. The van der Waals surface area contributed by atoms with Crippen LogP contribution in [0.4, 0.5) is 4.39 Å². The van der Waals surface area contributed by atoms with Crippen LogP contribution in [0.2, 0.25) is 0 Å². The molecule has 6 heteroatoms. The number of rotatable bonds is 5. The number of halogens is 1. The van der Waals surface area contributed by atoms with Crippen LogP contribution < -0.4 is 10.9 Å². The number of benzene rings is 1. The van der Waals surface area contributed by atoms with E-state index in [1.165, 1.54) is 23.5 Å². The third-order valence-electron chi connectivity index (χ3n) is 4.48. The molecule has 2 heterocycles. The van der Waals surface area contributed by atoms with Crippen molar-refractivity contribution >= 4 is 27.3 Å². The van der Waals surface area contributed by atoms with Crippen LogP contribution in [0.3, 0.4) is 0 Å². The average molecular weight is 372 g/mol.